The van der Waals surface area contributed by atoms with Gasteiger partial charge in [0.1, 0.15) is 22.9 Å². The van der Waals surface area contributed by atoms with Gasteiger partial charge < -0.3 is 14.9 Å². The Bertz CT molecular complexity index is 846. The number of ether oxygens (including phenoxy) is 1. The van der Waals surface area contributed by atoms with Gasteiger partial charge in [-0.1, -0.05) is 19.1 Å². The molecule has 0 amide bonds. The molecular formula is C17H15BrN2O3. The lowest BCUT2D eigenvalue weighted by Gasteiger charge is -2.09. The number of aromatic nitrogens is 2. The number of phenols is 2. The maximum Gasteiger partial charge on any atom is 0.173 e. The summed E-state index contributed by atoms with van der Waals surface area (Å²) in [5.41, 5.74) is 2.09. The molecule has 118 valence electrons. The van der Waals surface area contributed by atoms with Gasteiger partial charge in [-0.25, -0.2) is 0 Å². The molecular weight excluding hydrogens is 360 g/mol. The molecule has 2 aromatic carbocycles. The Kier molecular flexibility index (Phi) is 4.25. The zero-order valence-corrected chi connectivity index (χ0v) is 14.0. The van der Waals surface area contributed by atoms with Crippen LogP contribution in [0.3, 0.4) is 0 Å². The van der Waals surface area contributed by atoms with Gasteiger partial charge in [0.05, 0.1) is 10.7 Å². The molecule has 0 atom stereocenters. The summed E-state index contributed by atoms with van der Waals surface area (Å²) in [7, 11) is 0. The number of aromatic hydroxyl groups is 2. The van der Waals surface area contributed by atoms with Gasteiger partial charge in [-0.15, -0.1) is 0 Å². The number of benzene rings is 2. The van der Waals surface area contributed by atoms with E-state index < -0.39 is 0 Å². The second kappa shape index (κ2) is 6.34. The van der Waals surface area contributed by atoms with E-state index in [0.29, 0.717) is 27.2 Å². The van der Waals surface area contributed by atoms with Crippen molar-refractivity contribution < 1.29 is 14.9 Å². The second-order valence-corrected chi connectivity index (χ2v) is 5.88. The van der Waals surface area contributed by atoms with Crippen molar-refractivity contribution >= 4 is 15.9 Å². The lowest BCUT2D eigenvalue weighted by Crippen LogP contribution is -1.88. The lowest BCUT2D eigenvalue weighted by molar-refractivity contribution is 0.448. The maximum atomic E-state index is 10.1. The van der Waals surface area contributed by atoms with E-state index in [2.05, 4.69) is 33.1 Å². The third kappa shape index (κ3) is 3.17. The normalized spacial score (nSPS) is 10.7. The second-order valence-electron chi connectivity index (χ2n) is 5.02. The summed E-state index contributed by atoms with van der Waals surface area (Å²) in [5.74, 6) is 1.07. The quantitative estimate of drug-likeness (QED) is 0.623. The minimum absolute atomic E-state index is 0.0418. The SMILES string of the molecule is CCc1cccc(Oc2c[nH]nc2-c2cc(Br)c(O)cc2O)c1. The molecule has 0 saturated heterocycles. The molecule has 1 aromatic heterocycles. The molecule has 5 nitrogen and oxygen atoms in total. The number of nitrogens with zero attached hydrogens (tertiary/aromatic N) is 1. The Balaban J connectivity index is 1.98. The number of hydrogen-bond acceptors (Lipinski definition) is 4. The van der Waals surface area contributed by atoms with Crippen molar-refractivity contribution in [2.45, 2.75) is 13.3 Å². The van der Waals surface area contributed by atoms with Crippen LogP contribution < -0.4 is 4.74 Å². The molecule has 0 aliphatic carbocycles. The van der Waals surface area contributed by atoms with E-state index in [9.17, 15) is 10.2 Å². The Hall–Kier alpha value is -2.47. The molecule has 3 aromatic rings. The van der Waals surface area contributed by atoms with E-state index in [0.717, 1.165) is 6.42 Å². The Morgan fingerprint density at radius 2 is 2.00 bits per heavy atom. The summed E-state index contributed by atoms with van der Waals surface area (Å²) in [5, 5.41) is 26.6. The van der Waals surface area contributed by atoms with Crippen LogP contribution in [0.15, 0.2) is 47.1 Å². The van der Waals surface area contributed by atoms with Crippen molar-refractivity contribution in [1.29, 1.82) is 0 Å². The predicted octanol–water partition coefficient (Wildman–Crippen LogP) is 4.61. The minimum atomic E-state index is -0.0787. The highest BCUT2D eigenvalue weighted by atomic mass is 79.9. The van der Waals surface area contributed by atoms with Crippen LogP contribution >= 0.6 is 15.9 Å². The van der Waals surface area contributed by atoms with Gasteiger partial charge in [-0.3, -0.25) is 5.10 Å². The first kappa shape index (κ1) is 15.4. The van der Waals surface area contributed by atoms with Gasteiger partial charge in [-0.05, 0) is 46.1 Å². The Morgan fingerprint density at radius 1 is 1.17 bits per heavy atom. The smallest absolute Gasteiger partial charge is 0.173 e. The van der Waals surface area contributed by atoms with Gasteiger partial charge in [0, 0.05) is 11.6 Å². The van der Waals surface area contributed by atoms with Crippen LogP contribution in [0.4, 0.5) is 0 Å². The molecule has 3 N–H and O–H groups in total. The average molecular weight is 375 g/mol. The number of nitrogens with one attached hydrogen (secondary N) is 1. The highest BCUT2D eigenvalue weighted by Gasteiger charge is 2.17. The first-order valence-corrected chi connectivity index (χ1v) is 7.90. The van der Waals surface area contributed by atoms with Crippen molar-refractivity contribution in [3.05, 3.63) is 52.6 Å². The van der Waals surface area contributed by atoms with Gasteiger partial charge in [0.15, 0.2) is 5.75 Å². The van der Waals surface area contributed by atoms with Crippen molar-refractivity contribution in [3.8, 4) is 34.3 Å². The molecule has 0 saturated carbocycles. The van der Waals surface area contributed by atoms with E-state index in [1.165, 1.54) is 11.6 Å². The van der Waals surface area contributed by atoms with Crippen LogP contribution in [-0.4, -0.2) is 20.4 Å². The van der Waals surface area contributed by atoms with Gasteiger partial charge >= 0.3 is 0 Å². The molecule has 0 spiro atoms. The van der Waals surface area contributed by atoms with Crippen LogP contribution in [0, 0.1) is 0 Å². The summed E-state index contributed by atoms with van der Waals surface area (Å²) < 4.78 is 6.35. The summed E-state index contributed by atoms with van der Waals surface area (Å²) in [6, 6.07) is 10.6. The van der Waals surface area contributed by atoms with Gasteiger partial charge in [-0.2, -0.15) is 5.10 Å². The van der Waals surface area contributed by atoms with Crippen molar-refractivity contribution in [2.75, 3.05) is 0 Å². The number of H-pyrrole nitrogens is 1. The van der Waals surface area contributed by atoms with Gasteiger partial charge in [0.2, 0.25) is 0 Å². The molecule has 0 unspecified atom stereocenters. The van der Waals surface area contributed by atoms with Crippen LogP contribution in [0.25, 0.3) is 11.3 Å². The maximum absolute atomic E-state index is 10.1. The Morgan fingerprint density at radius 3 is 2.78 bits per heavy atom. The Labute approximate surface area is 141 Å². The topological polar surface area (TPSA) is 78.4 Å². The number of phenolic OH excluding ortho intramolecular Hbond substituents is 2. The minimum Gasteiger partial charge on any atom is -0.507 e. The van der Waals surface area contributed by atoms with E-state index in [-0.39, 0.29) is 11.5 Å². The highest BCUT2D eigenvalue weighted by Crippen LogP contribution is 2.40. The molecule has 0 fully saturated rings. The first-order valence-electron chi connectivity index (χ1n) is 7.11. The van der Waals surface area contributed by atoms with Crippen molar-refractivity contribution in [2.24, 2.45) is 0 Å². The van der Waals surface area contributed by atoms with Crippen LogP contribution in [-0.2, 0) is 6.42 Å². The summed E-state index contributed by atoms with van der Waals surface area (Å²) in [4.78, 5) is 0. The van der Waals surface area contributed by atoms with E-state index >= 15 is 0 Å². The molecule has 0 aliphatic heterocycles. The number of hydrogen-bond donors (Lipinski definition) is 3. The van der Waals surface area contributed by atoms with Crippen LogP contribution in [0.1, 0.15) is 12.5 Å². The van der Waals surface area contributed by atoms with Crippen molar-refractivity contribution in [3.63, 3.8) is 0 Å². The summed E-state index contributed by atoms with van der Waals surface area (Å²) >= 11 is 3.24. The number of halogens is 1. The fourth-order valence-corrected chi connectivity index (χ4v) is 2.59. The van der Waals surface area contributed by atoms with E-state index in [1.54, 1.807) is 12.3 Å². The fraction of sp³-hybridized carbons (Fsp3) is 0.118. The molecule has 6 heteroatoms. The largest absolute Gasteiger partial charge is 0.507 e. The van der Waals surface area contributed by atoms with Crippen LogP contribution in [0.5, 0.6) is 23.0 Å². The summed E-state index contributed by atoms with van der Waals surface area (Å²) in [6.45, 7) is 2.08. The zero-order valence-electron chi connectivity index (χ0n) is 12.4. The lowest BCUT2D eigenvalue weighted by atomic mass is 10.1. The fourth-order valence-electron chi connectivity index (χ4n) is 2.25. The number of aryl methyl sites for hydroxylation is 1. The molecule has 1 heterocycles. The number of rotatable bonds is 4. The molecule has 3 rings (SSSR count). The average Bonchev–Trinajstić information content (AvgIpc) is 2.99. The van der Waals surface area contributed by atoms with E-state index in [1.807, 2.05) is 24.3 Å². The molecule has 0 aliphatic rings. The predicted molar refractivity (Wildman–Crippen MR) is 90.9 cm³/mol. The zero-order chi connectivity index (χ0) is 16.4. The highest BCUT2D eigenvalue weighted by molar-refractivity contribution is 9.10. The first-order chi connectivity index (χ1) is 11.1. The third-order valence-electron chi connectivity index (χ3n) is 3.46. The monoisotopic (exact) mass is 374 g/mol. The van der Waals surface area contributed by atoms with Crippen molar-refractivity contribution in [1.82, 2.24) is 10.2 Å². The third-order valence-corrected chi connectivity index (χ3v) is 4.10. The van der Waals surface area contributed by atoms with Gasteiger partial charge in [0.25, 0.3) is 0 Å². The molecule has 0 radical (unpaired) electrons. The summed E-state index contributed by atoms with van der Waals surface area (Å²) in [6.07, 6.45) is 2.54. The van der Waals surface area contributed by atoms with Crippen LogP contribution in [0.2, 0.25) is 0 Å². The molecule has 23 heavy (non-hydrogen) atoms. The molecule has 0 bridgehead atoms. The van der Waals surface area contributed by atoms with E-state index in [4.69, 9.17) is 4.74 Å². The standard InChI is InChI=1S/C17H15BrN2O3/c1-2-10-4-3-5-11(6-10)23-16-9-19-20-17(16)12-7-13(18)15(22)8-14(12)21/h3-9,21-22H,2H2,1H3,(H,19,20). The number of aromatic amines is 1.